The number of hydrogen-bond acceptors (Lipinski definition) is 13. The molecule has 1 saturated heterocycles. The van der Waals surface area contributed by atoms with Gasteiger partial charge in [-0.1, -0.05) is 95.8 Å². The lowest BCUT2D eigenvalue weighted by atomic mass is 9.39. The third kappa shape index (κ3) is 9.17. The summed E-state index contributed by atoms with van der Waals surface area (Å²) in [6.07, 6.45) is 38.6. The minimum Gasteiger partial charge on any atom is -0.504 e. The average Bonchev–Trinajstić information content (AvgIpc) is 1.51. The van der Waals surface area contributed by atoms with Gasteiger partial charge in [0, 0.05) is 96.3 Å². The normalized spacial score (nSPS) is 44.6. The number of hydrogen-bond donors (Lipinski definition) is 7. The number of nitrogens with one attached hydrogen (secondary N) is 1. The molecule has 10 saturated carbocycles. The molecule has 1 amide bonds. The van der Waals surface area contributed by atoms with E-state index in [1.807, 2.05) is 4.90 Å². The second-order valence-electron chi connectivity index (χ2n) is 33.7. The maximum Gasteiger partial charge on any atom is 0.303 e. The predicted molar refractivity (Wildman–Crippen MR) is 367 cm³/mol. The van der Waals surface area contributed by atoms with Crippen molar-refractivity contribution in [2.24, 2.45) is 108 Å². The lowest BCUT2D eigenvalue weighted by Gasteiger charge is -2.67. The molecule has 12 aliphatic carbocycles. The first-order valence-corrected chi connectivity index (χ1v) is 39.5. The second-order valence-corrected chi connectivity index (χ2v) is 36.4. The third-order valence-corrected chi connectivity index (χ3v) is 34.2. The topological polar surface area (TPSA) is 231 Å². The molecule has 2 aromatic carbocycles. The molecule has 20 atom stereocenters. The van der Waals surface area contributed by atoms with Crippen LogP contribution in [-0.2, 0) is 27.3 Å². The van der Waals surface area contributed by atoms with Crippen LogP contribution in [0.2, 0.25) is 0 Å². The fraction of sp³-hybridized carbons (Fsp3) is 0.740. The number of nitrogens with two attached hydrogens (primary N) is 3. The van der Waals surface area contributed by atoms with E-state index in [1.165, 1.54) is 63.4 Å². The Morgan fingerprint density at radius 2 is 1.63 bits per heavy atom. The van der Waals surface area contributed by atoms with Crippen LogP contribution in [0.4, 0.5) is 0 Å². The Bertz CT molecular complexity index is 3390. The fourth-order valence-corrected chi connectivity index (χ4v) is 31.3. The number of phenols is 1. The first kappa shape index (κ1) is 62.2. The highest BCUT2D eigenvalue weighted by Crippen LogP contribution is 2.83. The number of amides is 1. The number of ether oxygens (including phenoxy) is 2. The number of carbonyl (C=O) groups is 2. The number of phenolic OH excluding ortho intramolecular Hbond substituents is 1. The number of guanidine groups is 2. The van der Waals surface area contributed by atoms with Crippen LogP contribution in [-0.4, -0.2) is 97.2 Å². The van der Waals surface area contributed by atoms with Gasteiger partial charge in [0.05, 0.1) is 12.2 Å². The zero-order valence-electron chi connectivity index (χ0n) is 55.3. The van der Waals surface area contributed by atoms with Crippen molar-refractivity contribution in [1.82, 2.24) is 10.2 Å². The van der Waals surface area contributed by atoms with Crippen LogP contribution in [0, 0.1) is 80.3 Å². The zero-order chi connectivity index (χ0) is 63.5. The molecule has 11 fully saturated rings. The summed E-state index contributed by atoms with van der Waals surface area (Å²) in [6, 6.07) is 13.1. The highest BCUT2D eigenvalue weighted by Gasteiger charge is 2.78. The highest BCUT2D eigenvalue weighted by molar-refractivity contribution is 8.77. The Kier molecular flexibility index (Phi) is 15.3. The molecule has 16 heteroatoms. The van der Waals surface area contributed by atoms with Crippen LogP contribution in [0.25, 0.3) is 0 Å². The maximum atomic E-state index is 15.2. The number of esters is 1. The Morgan fingerprint density at radius 3 is 2.44 bits per heavy atom. The van der Waals surface area contributed by atoms with Crippen molar-refractivity contribution in [3.05, 3.63) is 83.0 Å². The summed E-state index contributed by atoms with van der Waals surface area (Å²) in [5, 5.41) is 44.9. The van der Waals surface area contributed by atoms with Gasteiger partial charge in [0.25, 0.3) is 0 Å². The van der Waals surface area contributed by atoms with Crippen LogP contribution in [0.15, 0.2) is 70.7 Å². The molecule has 7 spiro atoms. The number of carbonyl (C=O) groups excluding carboxylic acids is 2. The summed E-state index contributed by atoms with van der Waals surface area (Å²) < 4.78 is 14.3. The van der Waals surface area contributed by atoms with E-state index >= 15 is 4.79 Å². The summed E-state index contributed by atoms with van der Waals surface area (Å²) >= 11 is 0. The van der Waals surface area contributed by atoms with Crippen LogP contribution in [0.1, 0.15) is 227 Å². The molecule has 0 aromatic heterocycles. The lowest BCUT2D eigenvalue weighted by Crippen LogP contribution is -2.65. The number of rotatable bonds is 5. The van der Waals surface area contributed by atoms with Crippen molar-refractivity contribution in [1.29, 1.82) is 0 Å². The van der Waals surface area contributed by atoms with E-state index in [9.17, 15) is 20.1 Å². The molecule has 502 valence electrons. The molecule has 10 N–H and O–H groups in total. The first-order valence-electron chi connectivity index (χ1n) is 37.3. The van der Waals surface area contributed by atoms with Crippen molar-refractivity contribution >= 4 is 45.4 Å². The van der Waals surface area contributed by atoms with Crippen molar-refractivity contribution in [3.8, 4) is 11.5 Å². The lowest BCUT2D eigenvalue weighted by molar-refractivity contribution is -0.217. The van der Waals surface area contributed by atoms with Crippen LogP contribution >= 0.6 is 21.6 Å². The van der Waals surface area contributed by atoms with Crippen molar-refractivity contribution in [3.63, 3.8) is 0 Å². The molecule has 7 aliphatic heterocycles. The standard InChI is InChI=1S/C77H105N7O7S2/c1-46(85)90-74-40-50-14-15-54(74)39-51-37-52(65(88)66-63(51)49-22-32-73(91-66)30-9-13-53(73)38-49)44-84-45-72(42-62(84)87)55(16-18-57(72)47-11-3-2-4-12-47)43-82-69(80)83-77(31-10-29-71(77)27-7-8-28-71)93-92-61-21-20-58-56(64(50)60(86)41-74)17-19-59(61)75(58)35-34-70(25-5-6-26-70)76(75)33-23-48(67(76)89)24-36-81-68(78)79/h2-4,11-12,20-22,32,37,48-50,53-61,64,67,86,88-89H,5-10,13-19,23-31,33-36,38-45H2,1H3,(H4,78,79,81)(H3,80,82,83)/t48-,49-,50-,53-,54-,55+,56-,57-,58-,59-,60+,61-,64-,67-,72+,73+,74-,75+,76-,77-/m0/s1. The third-order valence-electron chi connectivity index (χ3n) is 30.5. The molecule has 93 heavy (non-hydrogen) atoms. The van der Waals surface area contributed by atoms with Crippen molar-refractivity contribution in [2.45, 2.75) is 251 Å². The van der Waals surface area contributed by atoms with Gasteiger partial charge in [-0.15, -0.1) is 0 Å². The van der Waals surface area contributed by atoms with E-state index < -0.39 is 28.8 Å². The Hall–Kier alpha value is -4.38. The van der Waals surface area contributed by atoms with Gasteiger partial charge in [-0.3, -0.25) is 19.6 Å². The number of aliphatic hydroxyl groups excluding tert-OH is 2. The smallest absolute Gasteiger partial charge is 0.303 e. The summed E-state index contributed by atoms with van der Waals surface area (Å²) in [7, 11) is 4.21. The molecule has 2 aromatic rings. The van der Waals surface area contributed by atoms with Gasteiger partial charge < -0.3 is 52.2 Å². The summed E-state index contributed by atoms with van der Waals surface area (Å²) in [5.74, 6) is 2.66. The van der Waals surface area contributed by atoms with Crippen LogP contribution in [0.3, 0.4) is 0 Å². The van der Waals surface area contributed by atoms with E-state index in [2.05, 4.69) is 92.6 Å². The minimum absolute atomic E-state index is 0.00879. The van der Waals surface area contributed by atoms with Gasteiger partial charge >= 0.3 is 5.97 Å². The Balaban J connectivity index is 0.810. The molecule has 21 rings (SSSR count). The number of aliphatic imine (C=N–C) groups is 2. The fourth-order valence-electron chi connectivity index (χ4n) is 27.1. The van der Waals surface area contributed by atoms with Crippen LogP contribution < -0.4 is 27.3 Å². The molecule has 7 heterocycles. The monoisotopic (exact) mass is 1300 g/mol. The largest absolute Gasteiger partial charge is 0.504 e. The second kappa shape index (κ2) is 22.8. The molecular weight excluding hydrogens is 1200 g/mol. The molecule has 14 nitrogen and oxygen atoms in total. The van der Waals surface area contributed by atoms with Gasteiger partial charge in [-0.25, -0.2) is 0 Å². The summed E-state index contributed by atoms with van der Waals surface area (Å²) in [6.45, 7) is 3.42. The summed E-state index contributed by atoms with van der Waals surface area (Å²) in [5.41, 5.74) is 21.4. The van der Waals surface area contributed by atoms with Crippen LogP contribution in [0.5, 0.6) is 11.5 Å². The number of aliphatic hydroxyl groups is 2. The molecule has 14 bridgehead atoms. The van der Waals surface area contributed by atoms with E-state index in [4.69, 9.17) is 31.7 Å². The number of allylic oxidation sites excluding steroid dienone is 2. The van der Waals surface area contributed by atoms with E-state index in [0.717, 1.165) is 120 Å². The Labute approximate surface area is 559 Å². The molecular formula is C77H105N7O7S2. The first-order chi connectivity index (χ1) is 45.0. The van der Waals surface area contributed by atoms with Gasteiger partial charge in [0.1, 0.15) is 16.1 Å². The number of nitrogens with zero attached hydrogens (tertiary/aromatic N) is 3. The predicted octanol–water partition coefficient (Wildman–Crippen LogP) is 13.0. The van der Waals surface area contributed by atoms with Crippen molar-refractivity contribution in [2.75, 3.05) is 19.6 Å². The van der Waals surface area contributed by atoms with E-state index in [0.29, 0.717) is 74.4 Å². The summed E-state index contributed by atoms with van der Waals surface area (Å²) in [4.78, 5) is 40.9. The number of aromatic hydroxyl groups is 1. The zero-order valence-corrected chi connectivity index (χ0v) is 56.9. The van der Waals surface area contributed by atoms with Gasteiger partial charge in [0.15, 0.2) is 23.4 Å². The molecule has 19 aliphatic rings. The highest BCUT2D eigenvalue weighted by atomic mass is 33.1. The quantitative estimate of drug-likeness (QED) is 0.0486. The van der Waals surface area contributed by atoms with E-state index in [1.54, 1.807) is 6.92 Å². The van der Waals surface area contributed by atoms with Crippen molar-refractivity contribution < 1.29 is 34.4 Å². The van der Waals surface area contributed by atoms with Gasteiger partial charge in [-0.05, 0) is 236 Å². The molecule has 0 unspecified atom stereocenters. The van der Waals surface area contributed by atoms with E-state index in [-0.39, 0.29) is 115 Å². The number of benzene rings is 2. The Morgan fingerprint density at radius 1 is 0.839 bits per heavy atom. The van der Waals surface area contributed by atoms with Gasteiger partial charge in [-0.2, -0.15) is 0 Å². The SMILES string of the molecule is CC(=O)O[C@]12C[C@@H]3CC[C@H]1Cc1cc(c(O)c4c1[C@H]1C=C[C@@]5(CCC[C@H]5C1)O4)CN1C[C@]4(CC1=O)[C@H](CC[C@H]4c1ccccc1)CN=C(N)N[C@@]1(CCCC14CCCC4)SS[C@H]1C=C[C@H]4[C@H](CC[C@@H]1[C@@]41CCC4(CCCC4)[C@@]14CC[C@@H](CCN=C(N)N)[C@@H]4O)[C@H]3[C@H](O)C2. The minimum atomic E-state index is -0.896. The average molecular weight is 1300 g/mol. The van der Waals surface area contributed by atoms with Gasteiger partial charge in [0.2, 0.25) is 5.91 Å². The molecule has 0 radical (unpaired) electrons. The number of fused-ring (bicyclic) bond motifs is 3. The maximum absolute atomic E-state index is 15.2.